The summed E-state index contributed by atoms with van der Waals surface area (Å²) >= 11 is 0. The first-order valence-corrected chi connectivity index (χ1v) is 13.7. The summed E-state index contributed by atoms with van der Waals surface area (Å²) in [6.45, 7) is 6.34. The van der Waals surface area contributed by atoms with Gasteiger partial charge in [-0.05, 0) is 36.6 Å². The molecule has 1 amide bonds. The second kappa shape index (κ2) is 15.6. The van der Waals surface area contributed by atoms with Crippen molar-refractivity contribution < 1.29 is 28.6 Å². The van der Waals surface area contributed by atoms with E-state index in [0.717, 1.165) is 31.2 Å². The maximum atomic E-state index is 13.6. The van der Waals surface area contributed by atoms with E-state index in [1.54, 1.807) is 30.0 Å². The van der Waals surface area contributed by atoms with Crippen LogP contribution in [0, 0.1) is 0 Å². The molecule has 0 fully saturated rings. The first-order chi connectivity index (χ1) is 19.4. The summed E-state index contributed by atoms with van der Waals surface area (Å²) < 4.78 is 17.6. The number of methoxy groups -OCH3 is 2. The van der Waals surface area contributed by atoms with Crippen LogP contribution in [-0.2, 0) is 27.4 Å². The Kier molecular flexibility index (Phi) is 11.9. The highest BCUT2D eigenvalue weighted by Gasteiger charge is 2.25. The summed E-state index contributed by atoms with van der Waals surface area (Å²) in [5, 5.41) is 0. The fraction of sp³-hybridized carbons (Fsp3) is 0.419. The molecular formula is C31H39N3O6. The minimum absolute atomic E-state index is 0.0627. The van der Waals surface area contributed by atoms with E-state index in [0.29, 0.717) is 43.3 Å². The maximum Gasteiger partial charge on any atom is 0.339 e. The second-order valence-corrected chi connectivity index (χ2v) is 9.45. The number of rotatable bonds is 15. The van der Waals surface area contributed by atoms with Crippen LogP contribution in [0.25, 0.3) is 11.4 Å². The van der Waals surface area contributed by atoms with Crippen molar-refractivity contribution in [3.05, 3.63) is 77.1 Å². The zero-order valence-corrected chi connectivity index (χ0v) is 23.9. The van der Waals surface area contributed by atoms with E-state index in [4.69, 9.17) is 19.2 Å². The van der Waals surface area contributed by atoms with Gasteiger partial charge in [0.1, 0.15) is 18.1 Å². The molecule has 214 valence electrons. The highest BCUT2D eigenvalue weighted by atomic mass is 16.5. The number of unbranched alkanes of at least 4 members (excludes halogenated alkanes) is 2. The SMILES string of the molecule is CCCCN(CCCC)C(=O)c1cn(CCOC)c(-c2ccc(C(=O)OC)cc2C(=O)OCc2ccccc2)n1. The van der Waals surface area contributed by atoms with E-state index in [1.165, 1.54) is 13.2 Å². The number of aromatic nitrogens is 2. The quantitative estimate of drug-likeness (QED) is 0.235. The molecule has 9 nitrogen and oxygen atoms in total. The van der Waals surface area contributed by atoms with Crippen LogP contribution in [-0.4, -0.2) is 66.2 Å². The predicted molar refractivity (Wildman–Crippen MR) is 152 cm³/mol. The lowest BCUT2D eigenvalue weighted by molar-refractivity contribution is 0.0473. The van der Waals surface area contributed by atoms with Gasteiger partial charge in [-0.2, -0.15) is 0 Å². The maximum absolute atomic E-state index is 13.6. The molecule has 0 spiro atoms. The molecule has 0 atom stereocenters. The van der Waals surface area contributed by atoms with Gasteiger partial charge >= 0.3 is 11.9 Å². The molecule has 1 aromatic heterocycles. The lowest BCUT2D eigenvalue weighted by Crippen LogP contribution is -2.33. The van der Waals surface area contributed by atoms with Gasteiger partial charge in [0.25, 0.3) is 5.91 Å². The molecule has 0 aliphatic rings. The monoisotopic (exact) mass is 549 g/mol. The van der Waals surface area contributed by atoms with Gasteiger partial charge in [-0.15, -0.1) is 0 Å². The minimum Gasteiger partial charge on any atom is -0.465 e. The van der Waals surface area contributed by atoms with Crippen molar-refractivity contribution in [3.8, 4) is 11.4 Å². The fourth-order valence-corrected chi connectivity index (χ4v) is 4.22. The predicted octanol–water partition coefficient (Wildman–Crippen LogP) is 5.38. The Morgan fingerprint density at radius 1 is 0.925 bits per heavy atom. The standard InChI is InChI=1S/C31H39N3O6/c1-5-7-16-33(17-8-6-2)29(35)27-21-34(18-19-38-3)28(32-27)25-15-14-24(30(36)39-4)20-26(25)31(37)40-22-23-12-10-9-11-13-23/h9-15,20-21H,5-8,16-19,22H2,1-4H3. The molecule has 0 saturated heterocycles. The molecule has 9 heteroatoms. The van der Waals surface area contributed by atoms with Crippen LogP contribution in [0.1, 0.15) is 76.3 Å². The number of ether oxygens (including phenoxy) is 3. The molecule has 2 aromatic carbocycles. The van der Waals surface area contributed by atoms with Crippen LogP contribution in [0.2, 0.25) is 0 Å². The zero-order chi connectivity index (χ0) is 28.9. The van der Waals surface area contributed by atoms with Crippen LogP contribution in [0.5, 0.6) is 0 Å². The third kappa shape index (κ3) is 8.02. The Labute approximate surface area is 236 Å². The Morgan fingerprint density at radius 3 is 2.25 bits per heavy atom. The Bertz CT molecular complexity index is 1260. The van der Waals surface area contributed by atoms with Crippen LogP contribution in [0.3, 0.4) is 0 Å². The van der Waals surface area contributed by atoms with Crippen molar-refractivity contribution in [1.82, 2.24) is 14.5 Å². The second-order valence-electron chi connectivity index (χ2n) is 9.45. The molecule has 40 heavy (non-hydrogen) atoms. The van der Waals surface area contributed by atoms with Gasteiger partial charge < -0.3 is 23.7 Å². The molecule has 0 aliphatic heterocycles. The first kappa shape index (κ1) is 30.6. The van der Waals surface area contributed by atoms with Crippen molar-refractivity contribution >= 4 is 17.8 Å². The average Bonchev–Trinajstić information content (AvgIpc) is 3.42. The highest BCUT2D eigenvalue weighted by Crippen LogP contribution is 2.27. The van der Waals surface area contributed by atoms with Gasteiger partial charge in [-0.3, -0.25) is 4.79 Å². The van der Waals surface area contributed by atoms with Crippen molar-refractivity contribution in [2.75, 3.05) is 33.9 Å². The number of hydrogen-bond donors (Lipinski definition) is 0. The number of amides is 1. The third-order valence-corrected chi connectivity index (χ3v) is 6.50. The summed E-state index contributed by atoms with van der Waals surface area (Å²) in [7, 11) is 2.87. The first-order valence-electron chi connectivity index (χ1n) is 13.7. The number of carbonyl (C=O) groups excluding carboxylic acids is 3. The van der Waals surface area contributed by atoms with Gasteiger partial charge in [-0.25, -0.2) is 14.6 Å². The topological polar surface area (TPSA) is 100.0 Å². The van der Waals surface area contributed by atoms with E-state index in [2.05, 4.69) is 13.8 Å². The zero-order valence-electron chi connectivity index (χ0n) is 23.9. The lowest BCUT2D eigenvalue weighted by Gasteiger charge is -2.21. The number of benzene rings is 2. The number of nitrogens with zero attached hydrogens (tertiary/aromatic N) is 3. The van der Waals surface area contributed by atoms with E-state index >= 15 is 0 Å². The molecular weight excluding hydrogens is 510 g/mol. The smallest absolute Gasteiger partial charge is 0.339 e. The van der Waals surface area contributed by atoms with Crippen molar-refractivity contribution in [1.29, 1.82) is 0 Å². The summed E-state index contributed by atoms with van der Waals surface area (Å²) in [6, 6.07) is 14.0. The molecule has 1 heterocycles. The normalized spacial score (nSPS) is 10.8. The van der Waals surface area contributed by atoms with Crippen molar-refractivity contribution in [3.63, 3.8) is 0 Å². The van der Waals surface area contributed by atoms with E-state index in [1.807, 2.05) is 35.2 Å². The molecule has 0 bridgehead atoms. The molecule has 0 radical (unpaired) electrons. The Hall–Kier alpha value is -3.98. The Balaban J connectivity index is 2.04. The molecule has 3 aromatic rings. The molecule has 0 unspecified atom stereocenters. The largest absolute Gasteiger partial charge is 0.465 e. The summed E-state index contributed by atoms with van der Waals surface area (Å²) in [5.41, 5.74) is 1.91. The highest BCUT2D eigenvalue weighted by molar-refractivity contribution is 6.01. The number of hydrogen-bond acceptors (Lipinski definition) is 7. The molecule has 0 aliphatic carbocycles. The number of esters is 2. The van der Waals surface area contributed by atoms with E-state index < -0.39 is 11.9 Å². The summed E-state index contributed by atoms with van der Waals surface area (Å²) in [5.74, 6) is -0.941. The third-order valence-electron chi connectivity index (χ3n) is 6.50. The van der Waals surface area contributed by atoms with E-state index in [9.17, 15) is 14.4 Å². The van der Waals surface area contributed by atoms with Gasteiger partial charge in [0.15, 0.2) is 0 Å². The van der Waals surface area contributed by atoms with Crippen LogP contribution >= 0.6 is 0 Å². The lowest BCUT2D eigenvalue weighted by atomic mass is 10.0. The van der Waals surface area contributed by atoms with Gasteiger partial charge in [0.05, 0.1) is 24.8 Å². The van der Waals surface area contributed by atoms with Gasteiger partial charge in [0.2, 0.25) is 0 Å². The Morgan fingerprint density at radius 2 is 1.62 bits per heavy atom. The number of carbonyl (C=O) groups is 3. The summed E-state index contributed by atoms with van der Waals surface area (Å²) in [6.07, 6.45) is 5.46. The van der Waals surface area contributed by atoms with Crippen LogP contribution < -0.4 is 0 Å². The fourth-order valence-electron chi connectivity index (χ4n) is 4.22. The summed E-state index contributed by atoms with van der Waals surface area (Å²) in [4.78, 5) is 45.8. The van der Waals surface area contributed by atoms with Crippen LogP contribution in [0.4, 0.5) is 0 Å². The molecule has 0 N–H and O–H groups in total. The van der Waals surface area contributed by atoms with E-state index in [-0.39, 0.29) is 23.6 Å². The number of imidazole rings is 1. The minimum atomic E-state index is -0.619. The van der Waals surface area contributed by atoms with Gasteiger partial charge in [0, 0.05) is 38.5 Å². The van der Waals surface area contributed by atoms with Crippen molar-refractivity contribution in [2.24, 2.45) is 0 Å². The van der Waals surface area contributed by atoms with Crippen LogP contribution in [0.15, 0.2) is 54.7 Å². The molecule has 0 saturated carbocycles. The average molecular weight is 550 g/mol. The van der Waals surface area contributed by atoms with Crippen molar-refractivity contribution in [2.45, 2.75) is 52.7 Å². The van der Waals surface area contributed by atoms with Gasteiger partial charge in [-0.1, -0.05) is 57.0 Å². The molecule has 3 rings (SSSR count).